The van der Waals surface area contributed by atoms with Gasteiger partial charge in [0.1, 0.15) is 0 Å². The topological polar surface area (TPSA) is 150 Å². The molecule has 16 heteroatoms. The number of ether oxygens (including phenoxy) is 1. The Morgan fingerprint density at radius 2 is 1.21 bits per heavy atom. The van der Waals surface area contributed by atoms with Crippen molar-refractivity contribution in [2.24, 2.45) is 0 Å². The van der Waals surface area contributed by atoms with E-state index >= 15 is 0 Å². The summed E-state index contributed by atoms with van der Waals surface area (Å²) < 4.78 is 61.2. The molecule has 1 aliphatic heterocycles. The van der Waals surface area contributed by atoms with Crippen molar-refractivity contribution in [2.45, 2.75) is 22.6 Å². The highest BCUT2D eigenvalue weighted by Gasteiger charge is 2.39. The normalized spacial score (nSPS) is 13.7. The van der Waals surface area contributed by atoms with Gasteiger partial charge in [-0.2, -0.15) is 0 Å². The maximum atomic E-state index is 13.5. The quantitative estimate of drug-likeness (QED) is 0.0882. The summed E-state index contributed by atoms with van der Waals surface area (Å²) in [7, 11) is 1.12. The second-order valence-electron chi connectivity index (χ2n) is 12.6. The molecule has 12 nitrogen and oxygen atoms in total. The first-order chi connectivity index (χ1) is 25.2. The maximum absolute atomic E-state index is 13.5. The van der Waals surface area contributed by atoms with Crippen molar-refractivity contribution < 1.29 is 36.0 Å². The summed E-state index contributed by atoms with van der Waals surface area (Å²) >= 11 is 2.11. The number of benzene rings is 4. The number of sulfone groups is 1. The Labute approximate surface area is 318 Å². The van der Waals surface area contributed by atoms with Gasteiger partial charge in [0.2, 0.25) is 10.0 Å². The SMILES string of the molecule is COC(=O)CCN1C(=O)C(SCCCS(=O)(=O)c2cccc3c(N(C)C)cccc23)=C(SCCNS(=O)(=O)c2cccc3c(N(C)C)cccc23)C1=O. The van der Waals surface area contributed by atoms with E-state index in [4.69, 9.17) is 0 Å². The highest BCUT2D eigenvalue weighted by atomic mass is 32.2. The molecule has 1 heterocycles. The Bertz CT molecular complexity index is 2160. The van der Waals surface area contributed by atoms with Crippen LogP contribution < -0.4 is 14.5 Å². The molecule has 0 saturated heterocycles. The molecule has 0 bridgehead atoms. The van der Waals surface area contributed by atoms with Crippen molar-refractivity contribution in [3.8, 4) is 0 Å². The fourth-order valence-electron chi connectivity index (χ4n) is 6.05. The molecule has 0 aromatic heterocycles. The van der Waals surface area contributed by atoms with E-state index in [9.17, 15) is 31.2 Å². The first-order valence-corrected chi connectivity index (χ1v) is 21.8. The number of esters is 1. The van der Waals surface area contributed by atoms with Gasteiger partial charge in [0.25, 0.3) is 11.8 Å². The summed E-state index contributed by atoms with van der Waals surface area (Å²) in [5, 5.41) is 2.80. The van der Waals surface area contributed by atoms with Crippen LogP contribution >= 0.6 is 23.5 Å². The molecule has 0 saturated carbocycles. The van der Waals surface area contributed by atoms with Crippen LogP contribution in [0.4, 0.5) is 11.4 Å². The number of fused-ring (bicyclic) bond motifs is 2. The van der Waals surface area contributed by atoms with Crippen molar-refractivity contribution in [3.05, 3.63) is 82.6 Å². The summed E-state index contributed by atoms with van der Waals surface area (Å²) in [4.78, 5) is 44.2. The average molecular weight is 799 g/mol. The summed E-state index contributed by atoms with van der Waals surface area (Å²) in [5.41, 5.74) is 1.77. The molecule has 0 fully saturated rings. The largest absolute Gasteiger partial charge is 0.469 e. The van der Waals surface area contributed by atoms with Crippen molar-refractivity contribution in [1.29, 1.82) is 0 Å². The van der Waals surface area contributed by atoms with Gasteiger partial charge in [0.15, 0.2) is 9.84 Å². The Morgan fingerprint density at radius 3 is 1.75 bits per heavy atom. The minimum absolute atomic E-state index is 0.0410. The van der Waals surface area contributed by atoms with Gasteiger partial charge in [0, 0.05) is 80.0 Å². The first-order valence-electron chi connectivity index (χ1n) is 16.7. The van der Waals surface area contributed by atoms with E-state index in [0.717, 1.165) is 50.6 Å². The molecular formula is C37H42N4O8S4. The van der Waals surface area contributed by atoms with E-state index in [1.54, 1.807) is 36.4 Å². The predicted molar refractivity (Wildman–Crippen MR) is 214 cm³/mol. The van der Waals surface area contributed by atoms with Crippen molar-refractivity contribution >= 4 is 94.1 Å². The van der Waals surface area contributed by atoms with Crippen LogP contribution in [-0.4, -0.2) is 105 Å². The monoisotopic (exact) mass is 798 g/mol. The van der Waals surface area contributed by atoms with Crippen LogP contribution in [-0.2, 0) is 39.0 Å². The Kier molecular flexibility index (Phi) is 12.8. The van der Waals surface area contributed by atoms with E-state index < -0.39 is 37.6 Å². The Morgan fingerprint density at radius 1 is 0.717 bits per heavy atom. The van der Waals surface area contributed by atoms with Crippen LogP contribution in [0.2, 0.25) is 0 Å². The zero-order valence-electron chi connectivity index (χ0n) is 30.1. The van der Waals surface area contributed by atoms with Crippen LogP contribution in [0.25, 0.3) is 21.5 Å². The number of anilines is 2. The van der Waals surface area contributed by atoms with Crippen LogP contribution in [0, 0.1) is 0 Å². The minimum atomic E-state index is -3.95. The molecule has 1 N–H and O–H groups in total. The van der Waals surface area contributed by atoms with Gasteiger partial charge < -0.3 is 14.5 Å². The zero-order chi connectivity index (χ0) is 38.5. The lowest BCUT2D eigenvalue weighted by Gasteiger charge is -2.17. The Balaban J connectivity index is 1.28. The van der Waals surface area contributed by atoms with Crippen molar-refractivity contribution in [3.63, 3.8) is 0 Å². The predicted octanol–water partition coefficient (Wildman–Crippen LogP) is 4.88. The number of rotatable bonds is 17. The molecule has 0 atom stereocenters. The fourth-order valence-corrected chi connectivity index (χ4v) is 11.3. The maximum Gasteiger partial charge on any atom is 0.307 e. The smallest absolute Gasteiger partial charge is 0.307 e. The lowest BCUT2D eigenvalue weighted by atomic mass is 10.1. The van der Waals surface area contributed by atoms with Crippen LogP contribution in [0.1, 0.15) is 12.8 Å². The Hall–Kier alpha value is -4.09. The molecule has 0 aliphatic carbocycles. The number of amides is 2. The fraction of sp³-hybridized carbons (Fsp3) is 0.324. The van der Waals surface area contributed by atoms with Crippen molar-refractivity contribution in [1.82, 2.24) is 9.62 Å². The lowest BCUT2D eigenvalue weighted by molar-refractivity contribution is -0.142. The minimum Gasteiger partial charge on any atom is -0.469 e. The number of nitrogens with one attached hydrogen (secondary N) is 1. The first kappa shape index (κ1) is 40.1. The molecule has 53 heavy (non-hydrogen) atoms. The highest BCUT2D eigenvalue weighted by molar-refractivity contribution is 8.08. The summed E-state index contributed by atoms with van der Waals surface area (Å²) in [6.07, 6.45) is 0.00522. The number of methoxy groups -OCH3 is 1. The van der Waals surface area contributed by atoms with Gasteiger partial charge in [-0.1, -0.05) is 48.5 Å². The third-order valence-corrected chi connectivity index (χ3v) is 14.3. The second kappa shape index (κ2) is 16.9. The van der Waals surface area contributed by atoms with Crippen LogP contribution in [0.3, 0.4) is 0 Å². The number of carbonyl (C=O) groups is 3. The van der Waals surface area contributed by atoms with Gasteiger partial charge in [-0.3, -0.25) is 19.3 Å². The number of thioether (sulfide) groups is 2. The van der Waals surface area contributed by atoms with E-state index in [1.807, 2.05) is 68.3 Å². The summed E-state index contributed by atoms with van der Waals surface area (Å²) in [5.74, 6) is -1.61. The van der Waals surface area contributed by atoms with Gasteiger partial charge >= 0.3 is 5.97 Å². The van der Waals surface area contributed by atoms with E-state index in [-0.39, 0.29) is 62.8 Å². The molecule has 2 amide bonds. The highest BCUT2D eigenvalue weighted by Crippen LogP contribution is 2.38. The van der Waals surface area contributed by atoms with E-state index in [1.165, 1.54) is 13.2 Å². The number of carbonyl (C=O) groups excluding carboxylic acids is 3. The zero-order valence-corrected chi connectivity index (χ0v) is 33.4. The molecule has 5 rings (SSSR count). The van der Waals surface area contributed by atoms with Crippen molar-refractivity contribution in [2.75, 3.05) is 75.4 Å². The van der Waals surface area contributed by atoms with Gasteiger partial charge in [-0.05, 0) is 36.4 Å². The van der Waals surface area contributed by atoms with E-state index in [0.29, 0.717) is 10.8 Å². The molecule has 0 spiro atoms. The van der Waals surface area contributed by atoms with Gasteiger partial charge in [0.05, 0.1) is 38.9 Å². The molecule has 4 aromatic rings. The number of sulfonamides is 1. The number of hydrogen-bond acceptors (Lipinski definition) is 12. The van der Waals surface area contributed by atoms with E-state index in [2.05, 4.69) is 9.46 Å². The summed E-state index contributed by atoms with van der Waals surface area (Å²) in [6.45, 7) is -0.230. The molecule has 282 valence electrons. The van der Waals surface area contributed by atoms with Crippen LogP contribution in [0.5, 0.6) is 0 Å². The average Bonchev–Trinajstić information content (AvgIpc) is 3.35. The summed E-state index contributed by atoms with van der Waals surface area (Å²) in [6, 6.07) is 21.3. The molecule has 4 aromatic carbocycles. The molecular weight excluding hydrogens is 757 g/mol. The molecule has 0 unspecified atom stereocenters. The van der Waals surface area contributed by atoms with Crippen LogP contribution in [0.15, 0.2) is 92.4 Å². The van der Waals surface area contributed by atoms with Gasteiger partial charge in [-0.25, -0.2) is 21.6 Å². The molecule has 1 aliphatic rings. The molecule has 0 radical (unpaired) electrons. The standard InChI is InChI=1S/C37H42N4O8S4/c1-39(2)29-15-6-13-27-25(29)11-8-17-31(27)52(45,46)24-10-22-50-34-35(37(44)41(36(34)43)21-19-33(42)49-5)51-23-20-38-53(47,48)32-18-9-12-26-28(32)14-7-16-30(26)40(3)4/h6-9,11-18,38H,10,19-24H2,1-5H3. The third-order valence-electron chi connectivity index (χ3n) is 8.60. The second-order valence-corrected chi connectivity index (χ2v) is 18.6. The lowest BCUT2D eigenvalue weighted by Crippen LogP contribution is -2.33. The number of hydrogen-bond donors (Lipinski definition) is 1. The third kappa shape index (κ3) is 8.83. The number of imide groups is 1. The van der Waals surface area contributed by atoms with Gasteiger partial charge in [-0.15, -0.1) is 23.5 Å². The number of nitrogens with zero attached hydrogens (tertiary/aromatic N) is 3.